The van der Waals surface area contributed by atoms with Gasteiger partial charge in [-0.1, -0.05) is 0 Å². The van der Waals surface area contributed by atoms with E-state index in [9.17, 15) is 14.9 Å². The zero-order chi connectivity index (χ0) is 25.3. The second kappa shape index (κ2) is 10.1. The number of fused-ring (bicyclic) bond motifs is 1. The van der Waals surface area contributed by atoms with Crippen molar-refractivity contribution in [3.8, 4) is 0 Å². The number of urea groups is 1. The Morgan fingerprint density at radius 1 is 1.09 bits per heavy atom. The number of hydrogen-bond donors (Lipinski definition) is 2. The van der Waals surface area contributed by atoms with Crippen molar-refractivity contribution in [1.29, 1.82) is 0 Å². The summed E-state index contributed by atoms with van der Waals surface area (Å²) in [5, 5.41) is 15.2. The highest BCUT2D eigenvalue weighted by atomic mass is 16.6. The van der Waals surface area contributed by atoms with Gasteiger partial charge in [-0.2, -0.15) is 4.98 Å². The lowest BCUT2D eigenvalue weighted by Gasteiger charge is -2.36. The number of carbonyl (C=O) groups excluding carboxylic acids is 1. The van der Waals surface area contributed by atoms with E-state index in [1.54, 1.807) is 6.07 Å². The smallest absolute Gasteiger partial charge is 0.319 e. The van der Waals surface area contributed by atoms with Gasteiger partial charge in [0.1, 0.15) is 11.5 Å². The molecule has 188 valence electrons. The number of hydrogen-bond acceptors (Lipinski definition) is 7. The molecule has 4 rings (SSSR count). The fraction of sp³-hybridized carbons (Fsp3) is 0.560. The standard InChI is InChI=1S/C25H35N7O3/c1-15-13-21(22(32(34)35)14-16(15)2)31(24(26)33)18-11-9-17(10-12-18)27-25-28-20-8-6-5-7-19(20)23(29-25)30(3)4/h13-14,17-18H,5-12H2,1-4H3,(H2,26,33)(H,27,28,29)/t17-,18+. The molecule has 0 spiro atoms. The van der Waals surface area contributed by atoms with Crippen LogP contribution in [0.4, 0.5) is 27.9 Å². The molecule has 2 amide bonds. The van der Waals surface area contributed by atoms with Crippen LogP contribution in [0, 0.1) is 24.0 Å². The molecule has 2 aromatic rings. The number of benzene rings is 1. The third-order valence-electron chi connectivity index (χ3n) is 7.26. The first-order valence-corrected chi connectivity index (χ1v) is 12.3. The average Bonchev–Trinajstić information content (AvgIpc) is 2.81. The first kappa shape index (κ1) is 24.7. The lowest BCUT2D eigenvalue weighted by molar-refractivity contribution is -0.384. The molecule has 0 radical (unpaired) electrons. The number of primary amides is 1. The summed E-state index contributed by atoms with van der Waals surface area (Å²) in [4.78, 5) is 36.8. The summed E-state index contributed by atoms with van der Waals surface area (Å²) in [5.74, 6) is 1.63. The van der Waals surface area contributed by atoms with Crippen LogP contribution in [0.25, 0.3) is 0 Å². The first-order chi connectivity index (χ1) is 16.7. The van der Waals surface area contributed by atoms with Crippen molar-refractivity contribution in [2.24, 2.45) is 5.73 Å². The molecule has 10 nitrogen and oxygen atoms in total. The molecule has 2 aliphatic rings. The van der Waals surface area contributed by atoms with Crippen LogP contribution < -0.4 is 20.9 Å². The maximum Gasteiger partial charge on any atom is 0.319 e. The number of nitrogens with zero attached hydrogens (tertiary/aromatic N) is 5. The number of nitrogens with two attached hydrogens (primary N) is 1. The van der Waals surface area contributed by atoms with Gasteiger partial charge in [-0.25, -0.2) is 9.78 Å². The summed E-state index contributed by atoms with van der Waals surface area (Å²) >= 11 is 0. The number of aromatic nitrogens is 2. The summed E-state index contributed by atoms with van der Waals surface area (Å²) in [6.07, 6.45) is 7.23. The monoisotopic (exact) mass is 481 g/mol. The van der Waals surface area contributed by atoms with E-state index >= 15 is 0 Å². The van der Waals surface area contributed by atoms with Gasteiger partial charge in [0.2, 0.25) is 5.95 Å². The molecule has 1 aromatic heterocycles. The normalized spacial score (nSPS) is 19.5. The van der Waals surface area contributed by atoms with Gasteiger partial charge >= 0.3 is 6.03 Å². The van der Waals surface area contributed by atoms with Crippen molar-refractivity contribution in [3.63, 3.8) is 0 Å². The maximum atomic E-state index is 12.5. The number of nitro groups is 1. The number of nitrogens with one attached hydrogen (secondary N) is 1. The Bertz CT molecular complexity index is 1130. The van der Waals surface area contributed by atoms with Gasteiger partial charge in [-0.15, -0.1) is 0 Å². The van der Waals surface area contributed by atoms with Gasteiger partial charge in [0, 0.05) is 37.8 Å². The summed E-state index contributed by atoms with van der Waals surface area (Å²) in [7, 11) is 4.02. The van der Waals surface area contributed by atoms with Crippen LogP contribution in [0.15, 0.2) is 12.1 Å². The maximum absolute atomic E-state index is 12.5. The SMILES string of the molecule is Cc1cc(N(C(N)=O)[C@H]2CC[C@@H](Nc3nc4c(c(N(C)C)n3)CCCC4)CC2)c([N+](=O)[O-])cc1C. The fourth-order valence-corrected chi connectivity index (χ4v) is 5.29. The van der Waals surface area contributed by atoms with E-state index in [1.807, 2.05) is 27.9 Å². The number of amides is 2. The van der Waals surface area contributed by atoms with Crippen LogP contribution >= 0.6 is 0 Å². The van der Waals surface area contributed by atoms with Gasteiger partial charge in [0.15, 0.2) is 0 Å². The highest BCUT2D eigenvalue weighted by molar-refractivity contribution is 5.94. The average molecular weight is 482 g/mol. The van der Waals surface area contributed by atoms with Crippen molar-refractivity contribution in [2.45, 2.75) is 77.3 Å². The van der Waals surface area contributed by atoms with E-state index in [2.05, 4.69) is 10.2 Å². The van der Waals surface area contributed by atoms with Crippen LogP contribution in [-0.4, -0.2) is 47.1 Å². The Morgan fingerprint density at radius 3 is 2.37 bits per heavy atom. The van der Waals surface area contributed by atoms with Gasteiger partial charge in [-0.3, -0.25) is 15.0 Å². The van der Waals surface area contributed by atoms with Crippen LogP contribution in [0.3, 0.4) is 0 Å². The molecule has 0 saturated heterocycles. The highest BCUT2D eigenvalue weighted by Crippen LogP contribution is 2.36. The molecule has 0 bridgehead atoms. The Balaban J connectivity index is 1.51. The molecule has 3 N–H and O–H groups in total. The van der Waals surface area contributed by atoms with Crippen LogP contribution in [0.1, 0.15) is 60.9 Å². The third kappa shape index (κ3) is 5.16. The van der Waals surface area contributed by atoms with Gasteiger partial charge in [-0.05, 0) is 82.4 Å². The number of anilines is 3. The summed E-state index contributed by atoms with van der Waals surface area (Å²) in [6.45, 7) is 3.70. The fourth-order valence-electron chi connectivity index (χ4n) is 5.29. The zero-order valence-corrected chi connectivity index (χ0v) is 21.0. The third-order valence-corrected chi connectivity index (χ3v) is 7.26. The van der Waals surface area contributed by atoms with E-state index in [-0.39, 0.29) is 23.5 Å². The van der Waals surface area contributed by atoms with Crippen molar-refractivity contribution >= 4 is 29.2 Å². The predicted molar refractivity (Wildman–Crippen MR) is 137 cm³/mol. The molecule has 0 atom stereocenters. The lowest BCUT2D eigenvalue weighted by atomic mass is 9.89. The molecule has 1 heterocycles. The van der Waals surface area contributed by atoms with Crippen molar-refractivity contribution in [1.82, 2.24) is 9.97 Å². The lowest BCUT2D eigenvalue weighted by Crippen LogP contribution is -2.47. The highest BCUT2D eigenvalue weighted by Gasteiger charge is 2.33. The number of carbonyl (C=O) groups is 1. The molecule has 35 heavy (non-hydrogen) atoms. The molecule has 1 saturated carbocycles. The van der Waals surface area contributed by atoms with Crippen LogP contribution in [0.2, 0.25) is 0 Å². The molecule has 1 aromatic carbocycles. The van der Waals surface area contributed by atoms with Crippen molar-refractivity contribution in [3.05, 3.63) is 44.6 Å². The molecule has 1 fully saturated rings. The molecule has 10 heteroatoms. The quantitative estimate of drug-likeness (QED) is 0.466. The molecular weight excluding hydrogens is 446 g/mol. The Labute approximate surface area is 206 Å². The van der Waals surface area contributed by atoms with E-state index in [0.29, 0.717) is 18.8 Å². The summed E-state index contributed by atoms with van der Waals surface area (Å²) in [5.41, 5.74) is 10.0. The van der Waals surface area contributed by atoms with Gasteiger partial charge in [0.05, 0.1) is 10.6 Å². The second-order valence-electron chi connectivity index (χ2n) is 9.94. The van der Waals surface area contributed by atoms with Crippen molar-refractivity contribution in [2.75, 3.05) is 29.2 Å². The Hall–Kier alpha value is -3.43. The molecule has 2 aliphatic carbocycles. The minimum absolute atomic E-state index is 0.0918. The molecular formula is C25H35N7O3. The van der Waals surface area contributed by atoms with E-state index in [4.69, 9.17) is 15.7 Å². The zero-order valence-electron chi connectivity index (χ0n) is 21.0. The molecule has 0 aliphatic heterocycles. The van der Waals surface area contributed by atoms with Crippen LogP contribution in [-0.2, 0) is 12.8 Å². The van der Waals surface area contributed by atoms with Crippen LogP contribution in [0.5, 0.6) is 0 Å². The van der Waals surface area contributed by atoms with E-state index in [0.717, 1.165) is 54.7 Å². The number of nitro benzene ring substituents is 1. The van der Waals surface area contributed by atoms with Gasteiger partial charge in [0.25, 0.3) is 5.69 Å². The Morgan fingerprint density at radius 2 is 1.74 bits per heavy atom. The topological polar surface area (TPSA) is 131 Å². The molecule has 0 unspecified atom stereocenters. The van der Waals surface area contributed by atoms with E-state index < -0.39 is 11.0 Å². The minimum Gasteiger partial charge on any atom is -0.362 e. The largest absolute Gasteiger partial charge is 0.362 e. The predicted octanol–water partition coefficient (Wildman–Crippen LogP) is 4.25. The number of aryl methyl sites for hydroxylation is 3. The minimum atomic E-state index is -0.665. The van der Waals surface area contributed by atoms with Gasteiger partial charge < -0.3 is 16.0 Å². The Kier molecular flexibility index (Phi) is 7.09. The summed E-state index contributed by atoms with van der Waals surface area (Å²) < 4.78 is 0. The number of rotatable bonds is 6. The first-order valence-electron chi connectivity index (χ1n) is 12.3. The van der Waals surface area contributed by atoms with E-state index in [1.165, 1.54) is 23.0 Å². The second-order valence-corrected chi connectivity index (χ2v) is 9.94. The van der Waals surface area contributed by atoms with Crippen molar-refractivity contribution < 1.29 is 9.72 Å². The summed E-state index contributed by atoms with van der Waals surface area (Å²) in [6, 6.07) is 2.51.